The van der Waals surface area contributed by atoms with Gasteiger partial charge in [-0.25, -0.2) is 0 Å². The molecule has 0 unspecified atom stereocenters. The minimum Gasteiger partial charge on any atom is -0.497 e. The van der Waals surface area contributed by atoms with Crippen LogP contribution in [0.2, 0.25) is 4.34 Å². The van der Waals surface area contributed by atoms with E-state index in [0.29, 0.717) is 0 Å². The molecule has 72 valence electrons. The van der Waals surface area contributed by atoms with E-state index in [4.69, 9.17) is 16.3 Å². The van der Waals surface area contributed by atoms with Crippen molar-refractivity contribution in [2.75, 3.05) is 7.11 Å². The molecule has 0 saturated heterocycles. The molecule has 1 aromatic carbocycles. The maximum absolute atomic E-state index is 5.86. The summed E-state index contributed by atoms with van der Waals surface area (Å²) in [4.78, 5) is 0. The lowest BCUT2D eigenvalue weighted by Crippen LogP contribution is -1.81. The van der Waals surface area contributed by atoms with Crippen LogP contribution in [-0.4, -0.2) is 7.11 Å². The molecule has 3 heteroatoms. The topological polar surface area (TPSA) is 9.23 Å². The highest BCUT2D eigenvalue weighted by Gasteiger charge is 2.00. The van der Waals surface area contributed by atoms with Gasteiger partial charge < -0.3 is 4.74 Å². The van der Waals surface area contributed by atoms with Crippen molar-refractivity contribution in [2.45, 2.75) is 0 Å². The molecule has 0 radical (unpaired) electrons. The molecule has 0 spiro atoms. The van der Waals surface area contributed by atoms with Crippen molar-refractivity contribution in [3.8, 4) is 16.9 Å². The summed E-state index contributed by atoms with van der Waals surface area (Å²) in [6.45, 7) is 0. The maximum atomic E-state index is 5.86. The van der Waals surface area contributed by atoms with Crippen molar-refractivity contribution in [1.82, 2.24) is 0 Å². The molecule has 2 aromatic rings. The van der Waals surface area contributed by atoms with Crippen molar-refractivity contribution < 1.29 is 4.74 Å². The number of ether oxygens (including phenoxy) is 1. The van der Waals surface area contributed by atoms with Gasteiger partial charge in [0.05, 0.1) is 11.4 Å². The van der Waals surface area contributed by atoms with Gasteiger partial charge in [0.2, 0.25) is 0 Å². The van der Waals surface area contributed by atoms with E-state index in [1.165, 1.54) is 0 Å². The normalized spacial score (nSPS) is 10.1. The summed E-state index contributed by atoms with van der Waals surface area (Å²) in [6, 6.07) is 9.91. The Bertz CT molecular complexity index is 419. The van der Waals surface area contributed by atoms with E-state index in [1.807, 2.05) is 35.7 Å². The van der Waals surface area contributed by atoms with E-state index in [-0.39, 0.29) is 0 Å². The summed E-state index contributed by atoms with van der Waals surface area (Å²) in [6.07, 6.45) is 0. The fourth-order valence-corrected chi connectivity index (χ4v) is 2.13. The van der Waals surface area contributed by atoms with E-state index in [1.54, 1.807) is 18.4 Å². The largest absolute Gasteiger partial charge is 0.497 e. The van der Waals surface area contributed by atoms with Gasteiger partial charge in [-0.2, -0.15) is 0 Å². The first-order chi connectivity index (χ1) is 6.79. The summed E-state index contributed by atoms with van der Waals surface area (Å²) in [5.74, 6) is 0.870. The first-order valence-corrected chi connectivity index (χ1v) is 5.44. The molecule has 1 heterocycles. The Labute approximate surface area is 91.9 Å². The third-order valence-electron chi connectivity index (χ3n) is 1.99. The molecule has 1 nitrogen and oxygen atoms in total. The number of hydrogen-bond acceptors (Lipinski definition) is 2. The fourth-order valence-electron chi connectivity index (χ4n) is 1.24. The average Bonchev–Trinajstić information content (AvgIpc) is 2.65. The predicted octanol–water partition coefficient (Wildman–Crippen LogP) is 4.08. The van der Waals surface area contributed by atoms with Crippen LogP contribution in [0.3, 0.4) is 0 Å². The molecule has 0 fully saturated rings. The van der Waals surface area contributed by atoms with Crippen LogP contribution in [0, 0.1) is 0 Å². The molecule has 0 aliphatic carbocycles. The Hall–Kier alpha value is -0.990. The minimum absolute atomic E-state index is 0.816. The van der Waals surface area contributed by atoms with Crippen LogP contribution in [0.1, 0.15) is 0 Å². The van der Waals surface area contributed by atoms with Crippen LogP contribution in [0.25, 0.3) is 11.1 Å². The van der Waals surface area contributed by atoms with E-state index < -0.39 is 0 Å². The number of rotatable bonds is 2. The Kier molecular flexibility index (Phi) is 2.75. The summed E-state index contributed by atoms with van der Waals surface area (Å²) >= 11 is 7.41. The zero-order chi connectivity index (χ0) is 9.97. The number of halogens is 1. The molecule has 0 amide bonds. The smallest absolute Gasteiger partial charge is 0.118 e. The minimum atomic E-state index is 0.816. The first-order valence-electron chi connectivity index (χ1n) is 4.18. The molecule has 14 heavy (non-hydrogen) atoms. The van der Waals surface area contributed by atoms with Gasteiger partial charge in [0.15, 0.2) is 0 Å². The first kappa shape index (κ1) is 9.56. The molecule has 0 N–H and O–H groups in total. The van der Waals surface area contributed by atoms with Gasteiger partial charge in [-0.1, -0.05) is 23.7 Å². The standard InChI is InChI=1S/C11H9ClOS/c1-13-10-4-2-8(3-5-10)9-6-11(12)14-7-9/h2-7H,1H3. The highest BCUT2D eigenvalue weighted by molar-refractivity contribution is 7.14. The summed E-state index contributed by atoms with van der Waals surface area (Å²) in [7, 11) is 1.66. The van der Waals surface area contributed by atoms with Crippen molar-refractivity contribution in [3.05, 3.63) is 40.0 Å². The number of benzene rings is 1. The van der Waals surface area contributed by atoms with E-state index in [9.17, 15) is 0 Å². The quantitative estimate of drug-likeness (QED) is 0.747. The lowest BCUT2D eigenvalue weighted by molar-refractivity contribution is 0.415. The van der Waals surface area contributed by atoms with Gasteiger partial charge in [-0.3, -0.25) is 0 Å². The maximum Gasteiger partial charge on any atom is 0.118 e. The van der Waals surface area contributed by atoms with Crippen LogP contribution in [0.5, 0.6) is 5.75 Å². The van der Waals surface area contributed by atoms with Crippen molar-refractivity contribution in [2.24, 2.45) is 0 Å². The second-order valence-corrected chi connectivity index (χ2v) is 4.41. The SMILES string of the molecule is COc1ccc(-c2csc(Cl)c2)cc1. The molecular weight excluding hydrogens is 216 g/mol. The highest BCUT2D eigenvalue weighted by atomic mass is 35.5. The molecule has 2 rings (SSSR count). The lowest BCUT2D eigenvalue weighted by Gasteiger charge is -2.00. The van der Waals surface area contributed by atoms with Crippen LogP contribution in [0.15, 0.2) is 35.7 Å². The molecule has 0 bridgehead atoms. The Morgan fingerprint density at radius 3 is 2.36 bits per heavy atom. The highest BCUT2D eigenvalue weighted by Crippen LogP contribution is 2.29. The zero-order valence-electron chi connectivity index (χ0n) is 7.66. The monoisotopic (exact) mass is 224 g/mol. The van der Waals surface area contributed by atoms with Crippen molar-refractivity contribution in [1.29, 1.82) is 0 Å². The third kappa shape index (κ3) is 1.91. The van der Waals surface area contributed by atoms with Gasteiger partial charge in [-0.05, 0) is 29.3 Å². The van der Waals surface area contributed by atoms with E-state index >= 15 is 0 Å². The summed E-state index contributed by atoms with van der Waals surface area (Å²) in [5, 5.41) is 2.05. The average molecular weight is 225 g/mol. The van der Waals surface area contributed by atoms with Crippen LogP contribution >= 0.6 is 22.9 Å². The number of methoxy groups -OCH3 is 1. The van der Waals surface area contributed by atoms with Gasteiger partial charge in [0.25, 0.3) is 0 Å². The van der Waals surface area contributed by atoms with Gasteiger partial charge in [0, 0.05) is 5.38 Å². The Morgan fingerprint density at radius 1 is 1.14 bits per heavy atom. The van der Waals surface area contributed by atoms with Crippen LogP contribution < -0.4 is 4.74 Å². The molecular formula is C11H9ClOS. The summed E-state index contributed by atoms with van der Waals surface area (Å²) < 4.78 is 5.90. The molecule has 1 aromatic heterocycles. The van der Waals surface area contributed by atoms with Crippen molar-refractivity contribution >= 4 is 22.9 Å². The molecule has 0 atom stereocenters. The van der Waals surface area contributed by atoms with Gasteiger partial charge in [0.1, 0.15) is 5.75 Å². The second-order valence-electron chi connectivity index (χ2n) is 2.87. The second kappa shape index (κ2) is 4.03. The van der Waals surface area contributed by atoms with E-state index in [0.717, 1.165) is 21.2 Å². The molecule has 0 aliphatic heterocycles. The van der Waals surface area contributed by atoms with Crippen LogP contribution in [-0.2, 0) is 0 Å². The molecule has 0 saturated carbocycles. The molecule has 0 aliphatic rings. The number of thiophene rings is 1. The predicted molar refractivity (Wildman–Crippen MR) is 61.3 cm³/mol. The third-order valence-corrected chi connectivity index (χ3v) is 3.08. The Balaban J connectivity index is 2.33. The van der Waals surface area contributed by atoms with Gasteiger partial charge >= 0.3 is 0 Å². The zero-order valence-corrected chi connectivity index (χ0v) is 9.23. The van der Waals surface area contributed by atoms with Gasteiger partial charge in [-0.15, -0.1) is 11.3 Å². The Morgan fingerprint density at radius 2 is 1.86 bits per heavy atom. The lowest BCUT2D eigenvalue weighted by atomic mass is 10.1. The number of hydrogen-bond donors (Lipinski definition) is 0. The van der Waals surface area contributed by atoms with Crippen LogP contribution in [0.4, 0.5) is 0 Å². The van der Waals surface area contributed by atoms with Crippen molar-refractivity contribution in [3.63, 3.8) is 0 Å². The van der Waals surface area contributed by atoms with E-state index in [2.05, 4.69) is 0 Å². The fraction of sp³-hybridized carbons (Fsp3) is 0.0909. The summed E-state index contributed by atoms with van der Waals surface area (Å²) in [5.41, 5.74) is 2.32.